The maximum Gasteiger partial charge on any atom is 0.253 e. The van der Waals surface area contributed by atoms with Gasteiger partial charge in [0.1, 0.15) is 5.52 Å². The smallest absolute Gasteiger partial charge is 0.253 e. The van der Waals surface area contributed by atoms with Crippen LogP contribution >= 0.6 is 11.6 Å². The van der Waals surface area contributed by atoms with E-state index < -0.39 is 0 Å². The summed E-state index contributed by atoms with van der Waals surface area (Å²) in [7, 11) is 0. The summed E-state index contributed by atoms with van der Waals surface area (Å²) < 4.78 is 5.79. The summed E-state index contributed by atoms with van der Waals surface area (Å²) in [6, 6.07) is 12.8. The predicted octanol–water partition coefficient (Wildman–Crippen LogP) is 4.77. The highest BCUT2D eigenvalue weighted by Crippen LogP contribution is 2.27. The van der Waals surface area contributed by atoms with E-state index in [4.69, 9.17) is 16.0 Å². The minimum atomic E-state index is 0.0794. The van der Waals surface area contributed by atoms with Gasteiger partial charge in [-0.2, -0.15) is 0 Å². The fourth-order valence-electron chi connectivity index (χ4n) is 3.09. The molecule has 0 saturated carbocycles. The van der Waals surface area contributed by atoms with Crippen molar-refractivity contribution >= 4 is 28.6 Å². The van der Waals surface area contributed by atoms with E-state index in [0.717, 1.165) is 31.5 Å². The third-order valence-electron chi connectivity index (χ3n) is 4.35. The minimum absolute atomic E-state index is 0.0794. The molecule has 0 atom stereocenters. The van der Waals surface area contributed by atoms with E-state index in [1.165, 1.54) is 6.42 Å². The summed E-state index contributed by atoms with van der Waals surface area (Å²) in [6.45, 7) is 1.68. The van der Waals surface area contributed by atoms with Crippen LogP contribution in [0.15, 0.2) is 46.9 Å². The van der Waals surface area contributed by atoms with Gasteiger partial charge in [-0.3, -0.25) is 4.79 Å². The van der Waals surface area contributed by atoms with Crippen LogP contribution in [0.25, 0.3) is 22.6 Å². The molecule has 0 radical (unpaired) electrons. The molecular formula is C19H17ClN2O2. The summed E-state index contributed by atoms with van der Waals surface area (Å²) in [4.78, 5) is 19.1. The molecule has 4 rings (SSSR count). The highest BCUT2D eigenvalue weighted by Gasteiger charge is 2.19. The van der Waals surface area contributed by atoms with Crippen molar-refractivity contribution < 1.29 is 9.21 Å². The predicted molar refractivity (Wildman–Crippen MR) is 94.2 cm³/mol. The average Bonchev–Trinajstić information content (AvgIpc) is 3.05. The van der Waals surface area contributed by atoms with Crippen LogP contribution in [0.1, 0.15) is 29.6 Å². The van der Waals surface area contributed by atoms with Crippen LogP contribution < -0.4 is 0 Å². The largest absolute Gasteiger partial charge is 0.436 e. The second kappa shape index (κ2) is 6.29. The Morgan fingerprint density at radius 3 is 2.75 bits per heavy atom. The molecule has 0 spiro atoms. The Morgan fingerprint density at radius 1 is 1.08 bits per heavy atom. The molecule has 4 nitrogen and oxygen atoms in total. The molecule has 1 aliphatic rings. The molecule has 3 aromatic rings. The Morgan fingerprint density at radius 2 is 1.92 bits per heavy atom. The fraction of sp³-hybridized carbons (Fsp3) is 0.263. The maximum atomic E-state index is 12.7. The number of halogens is 1. The molecule has 0 aliphatic carbocycles. The summed E-state index contributed by atoms with van der Waals surface area (Å²) in [6.07, 6.45) is 3.37. The van der Waals surface area contributed by atoms with Crippen molar-refractivity contribution in [1.29, 1.82) is 0 Å². The molecule has 24 heavy (non-hydrogen) atoms. The van der Waals surface area contributed by atoms with E-state index in [-0.39, 0.29) is 5.91 Å². The van der Waals surface area contributed by atoms with Gasteiger partial charge in [0.05, 0.1) is 0 Å². The van der Waals surface area contributed by atoms with E-state index in [1.54, 1.807) is 18.2 Å². The van der Waals surface area contributed by atoms with Crippen molar-refractivity contribution in [3.05, 3.63) is 53.1 Å². The van der Waals surface area contributed by atoms with E-state index in [2.05, 4.69) is 4.98 Å². The number of likely N-dealkylation sites (tertiary alicyclic amines) is 1. The first-order chi connectivity index (χ1) is 11.7. The summed E-state index contributed by atoms with van der Waals surface area (Å²) in [5.74, 6) is 0.580. The highest BCUT2D eigenvalue weighted by molar-refractivity contribution is 6.31. The molecule has 2 aromatic carbocycles. The molecule has 122 valence electrons. The first-order valence-corrected chi connectivity index (χ1v) is 8.54. The van der Waals surface area contributed by atoms with Gasteiger partial charge in [0, 0.05) is 29.2 Å². The number of nitrogens with zero attached hydrogens (tertiary/aromatic N) is 2. The molecule has 0 N–H and O–H groups in total. The molecule has 1 amide bonds. The standard InChI is InChI=1S/C19H17ClN2O2/c20-15-7-8-17-16(12-15)21-18(24-17)13-5-4-6-14(11-13)19(23)22-9-2-1-3-10-22/h4-8,11-12H,1-3,9-10H2. The molecule has 0 bridgehead atoms. The zero-order valence-electron chi connectivity index (χ0n) is 13.2. The third kappa shape index (κ3) is 2.89. The SMILES string of the molecule is O=C(c1cccc(-c2nc3cc(Cl)ccc3o2)c1)N1CCCCC1. The van der Waals surface area contributed by atoms with E-state index in [0.29, 0.717) is 27.6 Å². The number of amides is 1. The van der Waals surface area contributed by atoms with E-state index in [1.807, 2.05) is 29.2 Å². The number of oxazole rings is 1. The molecule has 2 heterocycles. The number of rotatable bonds is 2. The number of fused-ring (bicyclic) bond motifs is 1. The zero-order chi connectivity index (χ0) is 16.5. The van der Waals surface area contributed by atoms with Gasteiger partial charge in [0.25, 0.3) is 5.91 Å². The number of carbonyl (C=O) groups excluding carboxylic acids is 1. The van der Waals surface area contributed by atoms with E-state index >= 15 is 0 Å². The Labute approximate surface area is 145 Å². The van der Waals surface area contributed by atoms with Crippen LogP contribution in [0.3, 0.4) is 0 Å². The Balaban J connectivity index is 1.67. The highest BCUT2D eigenvalue weighted by atomic mass is 35.5. The second-order valence-electron chi connectivity index (χ2n) is 6.06. The first-order valence-electron chi connectivity index (χ1n) is 8.16. The van der Waals surface area contributed by atoms with Crippen molar-refractivity contribution in [2.45, 2.75) is 19.3 Å². The molecule has 1 saturated heterocycles. The third-order valence-corrected chi connectivity index (χ3v) is 4.58. The lowest BCUT2D eigenvalue weighted by atomic mass is 10.1. The van der Waals surface area contributed by atoms with Crippen LogP contribution in [-0.4, -0.2) is 28.9 Å². The Bertz CT molecular complexity index is 897. The number of aromatic nitrogens is 1. The second-order valence-corrected chi connectivity index (χ2v) is 6.50. The first kappa shape index (κ1) is 15.2. The monoisotopic (exact) mass is 340 g/mol. The zero-order valence-corrected chi connectivity index (χ0v) is 13.9. The Kier molecular flexibility index (Phi) is 3.98. The number of benzene rings is 2. The average molecular weight is 341 g/mol. The van der Waals surface area contributed by atoms with Crippen molar-refractivity contribution in [1.82, 2.24) is 9.88 Å². The maximum absolute atomic E-state index is 12.7. The lowest BCUT2D eigenvalue weighted by molar-refractivity contribution is 0.0724. The topological polar surface area (TPSA) is 46.3 Å². The van der Waals surface area contributed by atoms with Gasteiger partial charge in [-0.05, 0) is 55.7 Å². The molecule has 0 unspecified atom stereocenters. The van der Waals surface area contributed by atoms with Crippen LogP contribution in [0.2, 0.25) is 5.02 Å². The van der Waals surface area contributed by atoms with Gasteiger partial charge in [0.15, 0.2) is 5.58 Å². The van der Waals surface area contributed by atoms with Crippen LogP contribution in [0.4, 0.5) is 0 Å². The van der Waals surface area contributed by atoms with Gasteiger partial charge in [-0.25, -0.2) is 4.98 Å². The lowest BCUT2D eigenvalue weighted by Crippen LogP contribution is -2.35. The summed E-state index contributed by atoms with van der Waals surface area (Å²) >= 11 is 5.99. The van der Waals surface area contributed by atoms with Gasteiger partial charge < -0.3 is 9.32 Å². The van der Waals surface area contributed by atoms with E-state index in [9.17, 15) is 4.79 Å². The van der Waals surface area contributed by atoms with Crippen LogP contribution in [0.5, 0.6) is 0 Å². The van der Waals surface area contributed by atoms with Gasteiger partial charge in [0.2, 0.25) is 5.89 Å². The van der Waals surface area contributed by atoms with Crippen LogP contribution in [0, 0.1) is 0 Å². The van der Waals surface area contributed by atoms with Crippen molar-refractivity contribution in [2.24, 2.45) is 0 Å². The summed E-state index contributed by atoms with van der Waals surface area (Å²) in [5, 5.41) is 0.622. The summed E-state index contributed by atoms with van der Waals surface area (Å²) in [5.41, 5.74) is 2.87. The van der Waals surface area contributed by atoms with Crippen LogP contribution in [-0.2, 0) is 0 Å². The minimum Gasteiger partial charge on any atom is -0.436 e. The fourth-order valence-corrected chi connectivity index (χ4v) is 3.26. The number of hydrogen-bond acceptors (Lipinski definition) is 3. The van der Waals surface area contributed by atoms with Gasteiger partial charge >= 0.3 is 0 Å². The number of piperidine rings is 1. The van der Waals surface area contributed by atoms with Crippen molar-refractivity contribution in [2.75, 3.05) is 13.1 Å². The Hall–Kier alpha value is -2.33. The van der Waals surface area contributed by atoms with Crippen molar-refractivity contribution in [3.63, 3.8) is 0 Å². The normalized spacial score (nSPS) is 15.0. The molecule has 1 fully saturated rings. The molecule has 5 heteroatoms. The lowest BCUT2D eigenvalue weighted by Gasteiger charge is -2.26. The molecular weight excluding hydrogens is 324 g/mol. The van der Waals surface area contributed by atoms with Gasteiger partial charge in [-0.1, -0.05) is 17.7 Å². The molecule has 1 aliphatic heterocycles. The van der Waals surface area contributed by atoms with Gasteiger partial charge in [-0.15, -0.1) is 0 Å². The van der Waals surface area contributed by atoms with Crippen molar-refractivity contribution in [3.8, 4) is 11.5 Å². The number of hydrogen-bond donors (Lipinski definition) is 0. The number of carbonyl (C=O) groups is 1. The quantitative estimate of drug-likeness (QED) is 0.674. The molecule has 1 aromatic heterocycles.